The van der Waals surface area contributed by atoms with E-state index in [2.05, 4.69) is 12.1 Å². The van der Waals surface area contributed by atoms with Crippen LogP contribution in [0.2, 0.25) is 0 Å². The van der Waals surface area contributed by atoms with Crippen molar-refractivity contribution in [3.63, 3.8) is 0 Å². The number of hydrogen-bond donors (Lipinski definition) is 1. The Morgan fingerprint density at radius 2 is 2.07 bits per heavy atom. The fraction of sp³-hybridized carbons (Fsp3) is 0.538. The van der Waals surface area contributed by atoms with Crippen LogP contribution in [0.5, 0.6) is 5.75 Å². The van der Waals surface area contributed by atoms with Gasteiger partial charge in [0.25, 0.3) is 0 Å². The van der Waals surface area contributed by atoms with Gasteiger partial charge < -0.3 is 10.5 Å². The van der Waals surface area contributed by atoms with Crippen LogP contribution in [0.15, 0.2) is 24.3 Å². The maximum atomic E-state index is 5.87. The van der Waals surface area contributed by atoms with Crippen molar-refractivity contribution in [3.05, 3.63) is 29.8 Å². The van der Waals surface area contributed by atoms with Gasteiger partial charge in [0.2, 0.25) is 0 Å². The summed E-state index contributed by atoms with van der Waals surface area (Å²) in [5.41, 5.74) is 7.52. The van der Waals surface area contributed by atoms with E-state index in [4.69, 9.17) is 10.5 Å². The molecular formula is C13H19NO. The van der Waals surface area contributed by atoms with E-state index >= 15 is 0 Å². The van der Waals surface area contributed by atoms with Gasteiger partial charge in [-0.05, 0) is 42.9 Å². The molecular weight excluding hydrogens is 186 g/mol. The summed E-state index contributed by atoms with van der Waals surface area (Å²) in [6.45, 7) is 0.797. The molecule has 1 aromatic carbocycles. The molecule has 0 atom stereocenters. The highest BCUT2D eigenvalue weighted by Gasteiger charge is 2.36. The Morgan fingerprint density at radius 3 is 2.60 bits per heavy atom. The SMILES string of the molecule is COc1ccccc1CC1(CN)CCC1. The van der Waals surface area contributed by atoms with Gasteiger partial charge in [0.05, 0.1) is 7.11 Å². The number of ether oxygens (including phenoxy) is 1. The van der Waals surface area contributed by atoms with Crippen LogP contribution in [-0.4, -0.2) is 13.7 Å². The lowest BCUT2D eigenvalue weighted by atomic mass is 9.65. The first-order chi connectivity index (χ1) is 7.29. The van der Waals surface area contributed by atoms with Crippen LogP contribution in [0.1, 0.15) is 24.8 Å². The zero-order chi connectivity index (χ0) is 10.7. The van der Waals surface area contributed by atoms with Crippen LogP contribution >= 0.6 is 0 Å². The van der Waals surface area contributed by atoms with Crippen molar-refractivity contribution in [2.45, 2.75) is 25.7 Å². The fourth-order valence-corrected chi connectivity index (χ4v) is 2.38. The average Bonchev–Trinajstić information content (AvgIpc) is 2.24. The zero-order valence-corrected chi connectivity index (χ0v) is 9.33. The monoisotopic (exact) mass is 205 g/mol. The lowest BCUT2D eigenvalue weighted by Gasteiger charge is -2.41. The zero-order valence-electron chi connectivity index (χ0n) is 9.33. The second-order valence-corrected chi connectivity index (χ2v) is 4.55. The van der Waals surface area contributed by atoms with Gasteiger partial charge in [-0.1, -0.05) is 24.6 Å². The predicted molar refractivity (Wildman–Crippen MR) is 62.0 cm³/mol. The molecule has 0 amide bonds. The minimum absolute atomic E-state index is 0.356. The third-order valence-electron chi connectivity index (χ3n) is 3.61. The lowest BCUT2D eigenvalue weighted by molar-refractivity contribution is 0.143. The normalized spacial score (nSPS) is 18.3. The van der Waals surface area contributed by atoms with E-state index < -0.39 is 0 Å². The number of para-hydroxylation sites is 1. The maximum absolute atomic E-state index is 5.87. The van der Waals surface area contributed by atoms with E-state index in [-0.39, 0.29) is 0 Å². The van der Waals surface area contributed by atoms with Crippen LogP contribution in [-0.2, 0) is 6.42 Å². The number of hydrogen-bond acceptors (Lipinski definition) is 2. The second kappa shape index (κ2) is 4.23. The van der Waals surface area contributed by atoms with E-state index in [1.165, 1.54) is 24.8 Å². The first kappa shape index (κ1) is 10.5. The first-order valence-corrected chi connectivity index (χ1v) is 5.62. The summed E-state index contributed by atoms with van der Waals surface area (Å²) in [6, 6.07) is 8.26. The fourth-order valence-electron chi connectivity index (χ4n) is 2.38. The van der Waals surface area contributed by atoms with Gasteiger partial charge in [0.15, 0.2) is 0 Å². The molecule has 1 aromatic rings. The minimum Gasteiger partial charge on any atom is -0.496 e. The molecule has 0 unspecified atom stereocenters. The van der Waals surface area contributed by atoms with Gasteiger partial charge in [0, 0.05) is 0 Å². The summed E-state index contributed by atoms with van der Waals surface area (Å²) in [5.74, 6) is 0.997. The van der Waals surface area contributed by atoms with Gasteiger partial charge >= 0.3 is 0 Å². The van der Waals surface area contributed by atoms with E-state index in [1.807, 2.05) is 12.1 Å². The molecule has 82 valence electrons. The largest absolute Gasteiger partial charge is 0.496 e. The van der Waals surface area contributed by atoms with Crippen LogP contribution in [0.4, 0.5) is 0 Å². The average molecular weight is 205 g/mol. The standard InChI is InChI=1S/C13H19NO/c1-15-12-6-3-2-5-11(12)9-13(10-14)7-4-8-13/h2-3,5-6H,4,7-10,14H2,1H3. The first-order valence-electron chi connectivity index (χ1n) is 5.62. The summed E-state index contributed by atoms with van der Waals surface area (Å²) in [4.78, 5) is 0. The molecule has 0 heterocycles. The third-order valence-corrected chi connectivity index (χ3v) is 3.61. The smallest absolute Gasteiger partial charge is 0.122 e. The minimum atomic E-state index is 0.356. The number of methoxy groups -OCH3 is 1. The van der Waals surface area contributed by atoms with Crippen LogP contribution < -0.4 is 10.5 Å². The van der Waals surface area contributed by atoms with Gasteiger partial charge in [-0.3, -0.25) is 0 Å². The molecule has 0 bridgehead atoms. The van der Waals surface area contributed by atoms with E-state index in [1.54, 1.807) is 7.11 Å². The summed E-state index contributed by atoms with van der Waals surface area (Å²) in [6.07, 6.45) is 4.92. The Morgan fingerprint density at radius 1 is 1.33 bits per heavy atom. The van der Waals surface area contributed by atoms with Crippen molar-refractivity contribution in [2.75, 3.05) is 13.7 Å². The topological polar surface area (TPSA) is 35.2 Å². The van der Waals surface area contributed by atoms with Crippen molar-refractivity contribution in [3.8, 4) is 5.75 Å². The van der Waals surface area contributed by atoms with E-state index in [0.717, 1.165) is 18.7 Å². The van der Waals surface area contributed by atoms with Crippen LogP contribution in [0.3, 0.4) is 0 Å². The molecule has 0 saturated heterocycles. The van der Waals surface area contributed by atoms with Gasteiger partial charge in [-0.2, -0.15) is 0 Å². The summed E-state index contributed by atoms with van der Waals surface area (Å²) < 4.78 is 5.36. The molecule has 2 nitrogen and oxygen atoms in total. The highest BCUT2D eigenvalue weighted by molar-refractivity contribution is 5.34. The van der Waals surface area contributed by atoms with Gasteiger partial charge in [-0.15, -0.1) is 0 Å². The quantitative estimate of drug-likeness (QED) is 0.819. The number of rotatable bonds is 4. The highest BCUT2D eigenvalue weighted by atomic mass is 16.5. The molecule has 0 aliphatic heterocycles. The van der Waals surface area contributed by atoms with Crippen molar-refractivity contribution in [1.82, 2.24) is 0 Å². The Labute approximate surface area is 91.4 Å². The van der Waals surface area contributed by atoms with Crippen molar-refractivity contribution in [1.29, 1.82) is 0 Å². The molecule has 1 saturated carbocycles. The maximum Gasteiger partial charge on any atom is 0.122 e. The van der Waals surface area contributed by atoms with E-state index in [9.17, 15) is 0 Å². The molecule has 0 aromatic heterocycles. The number of benzene rings is 1. The van der Waals surface area contributed by atoms with E-state index in [0.29, 0.717) is 5.41 Å². The van der Waals surface area contributed by atoms with Gasteiger partial charge in [0.1, 0.15) is 5.75 Å². The summed E-state index contributed by atoms with van der Waals surface area (Å²) in [5, 5.41) is 0. The molecule has 0 radical (unpaired) electrons. The molecule has 0 spiro atoms. The molecule has 15 heavy (non-hydrogen) atoms. The molecule has 1 aliphatic rings. The Hall–Kier alpha value is -1.02. The predicted octanol–water partition coefficient (Wildman–Crippen LogP) is 2.37. The second-order valence-electron chi connectivity index (χ2n) is 4.55. The Kier molecular flexibility index (Phi) is 2.96. The van der Waals surface area contributed by atoms with Crippen LogP contribution in [0.25, 0.3) is 0 Å². The molecule has 2 rings (SSSR count). The highest BCUT2D eigenvalue weighted by Crippen LogP contribution is 2.43. The summed E-state index contributed by atoms with van der Waals surface area (Å²) >= 11 is 0. The molecule has 2 N–H and O–H groups in total. The number of nitrogens with two attached hydrogens (primary N) is 1. The van der Waals surface area contributed by atoms with Crippen molar-refractivity contribution >= 4 is 0 Å². The molecule has 1 fully saturated rings. The van der Waals surface area contributed by atoms with Crippen molar-refractivity contribution in [2.24, 2.45) is 11.1 Å². The Bertz CT molecular complexity index is 326. The summed E-state index contributed by atoms with van der Waals surface area (Å²) in [7, 11) is 1.73. The lowest BCUT2D eigenvalue weighted by Crippen LogP contribution is -2.39. The van der Waals surface area contributed by atoms with Gasteiger partial charge in [-0.25, -0.2) is 0 Å². The molecule has 2 heteroatoms. The third kappa shape index (κ3) is 2.00. The van der Waals surface area contributed by atoms with Crippen molar-refractivity contribution < 1.29 is 4.74 Å². The Balaban J connectivity index is 2.15. The molecule has 1 aliphatic carbocycles. The van der Waals surface area contributed by atoms with Crippen LogP contribution in [0, 0.1) is 5.41 Å².